The monoisotopic (exact) mass is 310 g/mol. The molecule has 1 atom stereocenters. The highest BCUT2D eigenvalue weighted by Crippen LogP contribution is 2.17. The van der Waals surface area contributed by atoms with Gasteiger partial charge in [-0.3, -0.25) is 4.79 Å². The van der Waals surface area contributed by atoms with Crippen molar-refractivity contribution in [3.05, 3.63) is 33.8 Å². The number of aryl methyl sites for hydroxylation is 1. The Kier molecular flexibility index (Phi) is 4.40. The van der Waals surface area contributed by atoms with Gasteiger partial charge in [0.05, 0.1) is 0 Å². The largest absolute Gasteiger partial charge is 0.350 e. The number of likely N-dealkylation sites (tertiary alicyclic amines) is 1. The number of nitrogens with zero attached hydrogens (tertiary/aromatic N) is 1. The summed E-state index contributed by atoms with van der Waals surface area (Å²) in [6.45, 7) is 3.83. The van der Waals surface area contributed by atoms with E-state index in [2.05, 4.69) is 33.2 Å². The fraction of sp³-hybridized carbons (Fsp3) is 0.500. The molecule has 1 heterocycles. The molecule has 1 aromatic carbocycles. The van der Waals surface area contributed by atoms with E-state index in [0.717, 1.165) is 28.7 Å². The van der Waals surface area contributed by atoms with Gasteiger partial charge in [-0.05, 0) is 51.1 Å². The van der Waals surface area contributed by atoms with E-state index in [9.17, 15) is 4.79 Å². The summed E-state index contributed by atoms with van der Waals surface area (Å²) in [7, 11) is 2.12. The van der Waals surface area contributed by atoms with Gasteiger partial charge in [0.15, 0.2) is 0 Å². The fourth-order valence-corrected chi connectivity index (χ4v) is 2.74. The predicted octanol–water partition coefficient (Wildman–Crippen LogP) is 2.58. The molecule has 1 fully saturated rings. The number of hydrogen-bond acceptors (Lipinski definition) is 2. The van der Waals surface area contributed by atoms with Crippen LogP contribution in [0.25, 0.3) is 0 Å². The Bertz CT molecular complexity index is 447. The van der Waals surface area contributed by atoms with Crippen LogP contribution in [0.15, 0.2) is 22.7 Å². The quantitative estimate of drug-likeness (QED) is 0.930. The first-order valence-electron chi connectivity index (χ1n) is 6.32. The number of nitrogens with one attached hydrogen (secondary N) is 1. The predicted molar refractivity (Wildman–Crippen MR) is 76.9 cm³/mol. The molecule has 0 bridgehead atoms. The Morgan fingerprint density at radius 2 is 2.33 bits per heavy atom. The molecule has 98 valence electrons. The van der Waals surface area contributed by atoms with Gasteiger partial charge in [0.25, 0.3) is 5.91 Å². The third kappa shape index (κ3) is 3.12. The van der Waals surface area contributed by atoms with Gasteiger partial charge >= 0.3 is 0 Å². The second kappa shape index (κ2) is 5.85. The SMILES string of the molecule is Cc1ccc(Br)cc1C(=O)NCC1CCCN1C. The van der Waals surface area contributed by atoms with Crippen LogP contribution >= 0.6 is 15.9 Å². The molecule has 1 unspecified atom stereocenters. The molecular weight excluding hydrogens is 292 g/mol. The molecule has 1 aromatic rings. The number of carbonyl (C=O) groups is 1. The first-order chi connectivity index (χ1) is 8.58. The Labute approximate surface area is 117 Å². The van der Waals surface area contributed by atoms with E-state index in [4.69, 9.17) is 0 Å². The van der Waals surface area contributed by atoms with Gasteiger partial charge in [0.1, 0.15) is 0 Å². The van der Waals surface area contributed by atoms with Gasteiger partial charge in [0.2, 0.25) is 0 Å². The van der Waals surface area contributed by atoms with Gasteiger partial charge in [-0.2, -0.15) is 0 Å². The number of carbonyl (C=O) groups excluding carboxylic acids is 1. The molecule has 0 aromatic heterocycles. The lowest BCUT2D eigenvalue weighted by Crippen LogP contribution is -2.38. The van der Waals surface area contributed by atoms with Crippen molar-refractivity contribution in [2.45, 2.75) is 25.8 Å². The molecule has 1 aliphatic rings. The van der Waals surface area contributed by atoms with Crippen molar-refractivity contribution >= 4 is 21.8 Å². The van der Waals surface area contributed by atoms with E-state index in [1.807, 2.05) is 25.1 Å². The van der Waals surface area contributed by atoms with Crippen molar-refractivity contribution in [3.8, 4) is 0 Å². The molecule has 18 heavy (non-hydrogen) atoms. The van der Waals surface area contributed by atoms with Crippen LogP contribution in [0.1, 0.15) is 28.8 Å². The minimum absolute atomic E-state index is 0.0223. The average Bonchev–Trinajstić information content (AvgIpc) is 2.75. The van der Waals surface area contributed by atoms with Crippen molar-refractivity contribution in [2.75, 3.05) is 20.1 Å². The van der Waals surface area contributed by atoms with Gasteiger partial charge in [-0.25, -0.2) is 0 Å². The van der Waals surface area contributed by atoms with Crippen LogP contribution in [-0.4, -0.2) is 37.0 Å². The van der Waals surface area contributed by atoms with Crippen molar-refractivity contribution < 1.29 is 4.79 Å². The summed E-state index contributed by atoms with van der Waals surface area (Å²) in [4.78, 5) is 14.4. The zero-order valence-corrected chi connectivity index (χ0v) is 12.5. The molecule has 4 heteroatoms. The van der Waals surface area contributed by atoms with Crippen LogP contribution in [0.3, 0.4) is 0 Å². The molecule has 0 radical (unpaired) electrons. The standard InChI is InChI=1S/C14H19BrN2O/c1-10-5-6-11(15)8-13(10)14(18)16-9-12-4-3-7-17(12)2/h5-6,8,12H,3-4,7,9H2,1-2H3,(H,16,18). The summed E-state index contributed by atoms with van der Waals surface area (Å²) in [6.07, 6.45) is 2.40. The van der Waals surface area contributed by atoms with Crippen molar-refractivity contribution in [1.29, 1.82) is 0 Å². The van der Waals surface area contributed by atoms with E-state index < -0.39 is 0 Å². The zero-order valence-electron chi connectivity index (χ0n) is 10.9. The highest BCUT2D eigenvalue weighted by atomic mass is 79.9. The molecule has 1 amide bonds. The number of hydrogen-bond donors (Lipinski definition) is 1. The third-order valence-electron chi connectivity index (χ3n) is 3.61. The molecule has 1 N–H and O–H groups in total. The molecule has 2 rings (SSSR count). The van der Waals surface area contributed by atoms with E-state index in [0.29, 0.717) is 6.04 Å². The van der Waals surface area contributed by atoms with Crippen LogP contribution in [0.2, 0.25) is 0 Å². The van der Waals surface area contributed by atoms with Gasteiger partial charge in [0, 0.05) is 22.6 Å². The lowest BCUT2D eigenvalue weighted by molar-refractivity contribution is 0.0943. The molecule has 0 saturated carbocycles. The Morgan fingerprint density at radius 3 is 3.00 bits per heavy atom. The second-order valence-electron chi connectivity index (χ2n) is 4.95. The summed E-state index contributed by atoms with van der Waals surface area (Å²) in [6, 6.07) is 6.28. The third-order valence-corrected chi connectivity index (χ3v) is 4.11. The summed E-state index contributed by atoms with van der Waals surface area (Å²) in [5.41, 5.74) is 1.76. The maximum Gasteiger partial charge on any atom is 0.251 e. The van der Waals surface area contributed by atoms with E-state index in [1.165, 1.54) is 12.8 Å². The Balaban J connectivity index is 1.97. The normalized spacial score (nSPS) is 20.1. The first kappa shape index (κ1) is 13.6. The number of halogens is 1. The minimum atomic E-state index is 0.0223. The van der Waals surface area contributed by atoms with Crippen LogP contribution in [0.5, 0.6) is 0 Å². The molecule has 3 nitrogen and oxygen atoms in total. The zero-order chi connectivity index (χ0) is 13.1. The van der Waals surface area contributed by atoms with Crippen molar-refractivity contribution in [1.82, 2.24) is 10.2 Å². The maximum atomic E-state index is 12.1. The molecule has 1 aliphatic heterocycles. The number of rotatable bonds is 3. The molecule has 1 saturated heterocycles. The lowest BCUT2D eigenvalue weighted by atomic mass is 10.1. The first-order valence-corrected chi connectivity index (χ1v) is 7.12. The maximum absolute atomic E-state index is 12.1. The average molecular weight is 311 g/mol. The molecular formula is C14H19BrN2O. The number of likely N-dealkylation sites (N-methyl/N-ethyl adjacent to an activating group) is 1. The van der Waals surface area contributed by atoms with Crippen LogP contribution in [-0.2, 0) is 0 Å². The highest BCUT2D eigenvalue weighted by Gasteiger charge is 2.21. The van der Waals surface area contributed by atoms with Gasteiger partial charge in [-0.1, -0.05) is 22.0 Å². The van der Waals surface area contributed by atoms with E-state index in [1.54, 1.807) is 0 Å². The number of benzene rings is 1. The number of amides is 1. The topological polar surface area (TPSA) is 32.3 Å². The van der Waals surface area contributed by atoms with Crippen molar-refractivity contribution in [3.63, 3.8) is 0 Å². The summed E-state index contributed by atoms with van der Waals surface area (Å²) in [5, 5.41) is 3.04. The Morgan fingerprint density at radius 1 is 1.56 bits per heavy atom. The van der Waals surface area contributed by atoms with E-state index >= 15 is 0 Å². The van der Waals surface area contributed by atoms with Crippen LogP contribution < -0.4 is 5.32 Å². The van der Waals surface area contributed by atoms with Crippen molar-refractivity contribution in [2.24, 2.45) is 0 Å². The summed E-state index contributed by atoms with van der Waals surface area (Å²) >= 11 is 3.40. The smallest absolute Gasteiger partial charge is 0.251 e. The van der Waals surface area contributed by atoms with Crippen LogP contribution in [0, 0.1) is 6.92 Å². The molecule has 0 spiro atoms. The summed E-state index contributed by atoms with van der Waals surface area (Å²) in [5.74, 6) is 0.0223. The highest BCUT2D eigenvalue weighted by molar-refractivity contribution is 9.10. The molecule has 0 aliphatic carbocycles. The lowest BCUT2D eigenvalue weighted by Gasteiger charge is -2.20. The Hall–Kier alpha value is -0.870. The van der Waals surface area contributed by atoms with Crippen LogP contribution in [0.4, 0.5) is 0 Å². The van der Waals surface area contributed by atoms with Gasteiger partial charge < -0.3 is 10.2 Å². The fourth-order valence-electron chi connectivity index (χ4n) is 2.38. The van der Waals surface area contributed by atoms with E-state index in [-0.39, 0.29) is 5.91 Å². The van der Waals surface area contributed by atoms with Gasteiger partial charge in [-0.15, -0.1) is 0 Å². The summed E-state index contributed by atoms with van der Waals surface area (Å²) < 4.78 is 0.941. The minimum Gasteiger partial charge on any atom is -0.350 e. The second-order valence-corrected chi connectivity index (χ2v) is 5.86.